The number of alkyl halides is 1. The standard InChI is InChI=1S/C21H23ClN2O4S/c22-21-13-7-6-10-17(21)20(16-8-2-1-3-9-16)23(15-14-21)29(27,28)19-12-5-4-11-18(19)24(25)26/h1-5,8-9,11-12,17,20H,6-7,10,13-15H2. The van der Waals surface area contributed by atoms with Crippen LogP contribution < -0.4 is 0 Å². The summed E-state index contributed by atoms with van der Waals surface area (Å²) in [5.41, 5.74) is 0.483. The van der Waals surface area contributed by atoms with Gasteiger partial charge in [-0.25, -0.2) is 8.42 Å². The lowest BCUT2D eigenvalue weighted by atomic mass is 9.69. The molecule has 0 amide bonds. The number of hydrogen-bond acceptors (Lipinski definition) is 4. The highest BCUT2D eigenvalue weighted by Gasteiger charge is 2.52. The van der Waals surface area contributed by atoms with Crippen LogP contribution in [0.1, 0.15) is 43.7 Å². The number of para-hydroxylation sites is 1. The molecule has 4 rings (SSSR count). The number of piperidine rings is 1. The van der Waals surface area contributed by atoms with Crippen LogP contribution in [0.15, 0.2) is 59.5 Å². The zero-order valence-electron chi connectivity index (χ0n) is 15.9. The summed E-state index contributed by atoms with van der Waals surface area (Å²) in [6, 6.07) is 14.6. The Morgan fingerprint density at radius 2 is 1.72 bits per heavy atom. The summed E-state index contributed by atoms with van der Waals surface area (Å²) in [6.07, 6.45) is 4.29. The molecule has 1 heterocycles. The molecule has 1 aliphatic carbocycles. The van der Waals surface area contributed by atoms with Crippen LogP contribution in [0.25, 0.3) is 0 Å². The molecular weight excluding hydrogens is 412 g/mol. The van der Waals surface area contributed by atoms with Crippen LogP contribution in [0.3, 0.4) is 0 Å². The minimum absolute atomic E-state index is 0.0355. The van der Waals surface area contributed by atoms with Crippen molar-refractivity contribution in [3.63, 3.8) is 0 Å². The Morgan fingerprint density at radius 3 is 2.45 bits per heavy atom. The summed E-state index contributed by atoms with van der Waals surface area (Å²) >= 11 is 7.03. The fourth-order valence-corrected chi connectivity index (χ4v) is 7.14. The molecule has 6 nitrogen and oxygen atoms in total. The van der Waals surface area contributed by atoms with Crippen LogP contribution in [-0.4, -0.2) is 29.1 Å². The molecule has 1 saturated carbocycles. The molecule has 0 radical (unpaired) electrons. The summed E-state index contributed by atoms with van der Waals surface area (Å²) in [4.78, 5) is 10.1. The van der Waals surface area contributed by atoms with Crippen molar-refractivity contribution in [3.8, 4) is 0 Å². The maximum Gasteiger partial charge on any atom is 0.289 e. The first-order chi connectivity index (χ1) is 13.8. The van der Waals surface area contributed by atoms with E-state index in [1.54, 1.807) is 0 Å². The van der Waals surface area contributed by atoms with Gasteiger partial charge in [-0.15, -0.1) is 11.6 Å². The van der Waals surface area contributed by atoms with Gasteiger partial charge in [0.05, 0.1) is 15.8 Å². The zero-order valence-corrected chi connectivity index (χ0v) is 17.5. The smallest absolute Gasteiger partial charge is 0.258 e. The van der Waals surface area contributed by atoms with Gasteiger partial charge in [-0.05, 0) is 36.8 Å². The minimum Gasteiger partial charge on any atom is -0.258 e. The van der Waals surface area contributed by atoms with Crippen molar-refractivity contribution in [2.75, 3.05) is 6.54 Å². The normalized spacial score (nSPS) is 27.9. The van der Waals surface area contributed by atoms with Crippen LogP contribution in [-0.2, 0) is 10.0 Å². The number of fused-ring (bicyclic) bond motifs is 1. The zero-order chi connectivity index (χ0) is 20.6. The van der Waals surface area contributed by atoms with Crippen LogP contribution in [0.5, 0.6) is 0 Å². The number of hydrogen-bond donors (Lipinski definition) is 0. The molecule has 8 heteroatoms. The molecule has 3 unspecified atom stereocenters. The van der Waals surface area contributed by atoms with Gasteiger partial charge >= 0.3 is 0 Å². The predicted molar refractivity (Wildman–Crippen MR) is 111 cm³/mol. The molecular formula is C21H23ClN2O4S. The Labute approximate surface area is 175 Å². The van der Waals surface area contributed by atoms with E-state index in [9.17, 15) is 18.5 Å². The lowest BCUT2D eigenvalue weighted by Gasteiger charge is -2.51. The van der Waals surface area contributed by atoms with Gasteiger partial charge < -0.3 is 0 Å². The monoisotopic (exact) mass is 434 g/mol. The fourth-order valence-electron chi connectivity index (χ4n) is 4.89. The molecule has 29 heavy (non-hydrogen) atoms. The molecule has 1 saturated heterocycles. The van der Waals surface area contributed by atoms with Crippen LogP contribution >= 0.6 is 11.6 Å². The largest absolute Gasteiger partial charge is 0.289 e. The van der Waals surface area contributed by atoms with Crippen LogP contribution in [0.2, 0.25) is 0 Å². The number of nitro groups is 1. The van der Waals surface area contributed by atoms with Crippen molar-refractivity contribution >= 4 is 27.3 Å². The summed E-state index contributed by atoms with van der Waals surface area (Å²) in [5, 5.41) is 11.5. The van der Waals surface area contributed by atoms with E-state index in [-0.39, 0.29) is 17.4 Å². The van der Waals surface area contributed by atoms with Crippen LogP contribution in [0, 0.1) is 16.0 Å². The molecule has 1 aliphatic heterocycles. The number of benzene rings is 2. The second kappa shape index (κ2) is 7.70. The highest BCUT2D eigenvalue weighted by Crippen LogP contribution is 2.54. The van der Waals surface area contributed by atoms with Crippen molar-refractivity contribution in [2.24, 2.45) is 5.92 Å². The Hall–Kier alpha value is -1.96. The maximum absolute atomic E-state index is 13.7. The molecule has 0 spiro atoms. The van der Waals surface area contributed by atoms with E-state index < -0.39 is 31.6 Å². The van der Waals surface area contributed by atoms with Crippen molar-refractivity contribution in [3.05, 3.63) is 70.3 Å². The molecule has 2 fully saturated rings. The van der Waals surface area contributed by atoms with Gasteiger partial charge in [-0.3, -0.25) is 10.1 Å². The van der Waals surface area contributed by atoms with E-state index in [2.05, 4.69) is 0 Å². The van der Waals surface area contributed by atoms with E-state index >= 15 is 0 Å². The van der Waals surface area contributed by atoms with E-state index in [1.165, 1.54) is 28.6 Å². The van der Waals surface area contributed by atoms with Crippen molar-refractivity contribution < 1.29 is 13.3 Å². The van der Waals surface area contributed by atoms with Gasteiger partial charge in [0, 0.05) is 12.6 Å². The first-order valence-corrected chi connectivity index (χ1v) is 11.7. The minimum atomic E-state index is -4.08. The van der Waals surface area contributed by atoms with Gasteiger partial charge in [-0.1, -0.05) is 55.3 Å². The second-order valence-corrected chi connectivity index (χ2v) is 10.4. The summed E-state index contributed by atoms with van der Waals surface area (Å²) in [5.74, 6) is -0.0355. The van der Waals surface area contributed by atoms with Gasteiger partial charge in [0.15, 0.2) is 4.90 Å². The maximum atomic E-state index is 13.7. The fraction of sp³-hybridized carbons (Fsp3) is 0.429. The molecule has 2 aromatic carbocycles. The molecule has 2 aliphatic rings. The first kappa shape index (κ1) is 20.3. The van der Waals surface area contributed by atoms with Crippen molar-refractivity contribution in [2.45, 2.75) is 47.9 Å². The summed E-state index contributed by atoms with van der Waals surface area (Å²) in [6.45, 7) is 0.244. The highest BCUT2D eigenvalue weighted by atomic mass is 35.5. The Morgan fingerprint density at radius 1 is 1.03 bits per heavy atom. The van der Waals surface area contributed by atoms with E-state index in [1.807, 2.05) is 30.3 Å². The third-order valence-corrected chi connectivity index (χ3v) is 8.84. The summed E-state index contributed by atoms with van der Waals surface area (Å²) in [7, 11) is -4.08. The third kappa shape index (κ3) is 3.56. The van der Waals surface area contributed by atoms with Gasteiger partial charge in [-0.2, -0.15) is 4.31 Å². The average molecular weight is 435 g/mol. The third-order valence-electron chi connectivity index (χ3n) is 6.25. The molecule has 0 bridgehead atoms. The second-order valence-electron chi connectivity index (χ2n) is 7.83. The molecule has 2 aromatic rings. The number of nitro benzene ring substituents is 1. The molecule has 3 atom stereocenters. The Balaban J connectivity index is 1.84. The molecule has 0 N–H and O–H groups in total. The average Bonchev–Trinajstić information content (AvgIpc) is 2.73. The van der Waals surface area contributed by atoms with Crippen molar-refractivity contribution in [1.29, 1.82) is 0 Å². The topological polar surface area (TPSA) is 80.5 Å². The van der Waals surface area contributed by atoms with E-state index in [0.717, 1.165) is 31.2 Å². The van der Waals surface area contributed by atoms with Gasteiger partial charge in [0.1, 0.15) is 0 Å². The van der Waals surface area contributed by atoms with Gasteiger partial charge in [0.25, 0.3) is 5.69 Å². The Bertz CT molecular complexity index is 1010. The molecule has 0 aromatic heterocycles. The quantitative estimate of drug-likeness (QED) is 0.389. The van der Waals surface area contributed by atoms with E-state index in [0.29, 0.717) is 6.42 Å². The highest BCUT2D eigenvalue weighted by molar-refractivity contribution is 7.89. The predicted octanol–water partition coefficient (Wildman–Crippen LogP) is 4.90. The summed E-state index contributed by atoms with van der Waals surface area (Å²) < 4.78 is 28.8. The lowest BCUT2D eigenvalue weighted by Crippen LogP contribution is -2.53. The number of halogens is 1. The Kier molecular flexibility index (Phi) is 5.40. The number of nitrogens with zero attached hydrogens (tertiary/aromatic N) is 2. The molecule has 154 valence electrons. The van der Waals surface area contributed by atoms with E-state index in [4.69, 9.17) is 11.6 Å². The number of sulfonamides is 1. The lowest BCUT2D eigenvalue weighted by molar-refractivity contribution is -0.387. The SMILES string of the molecule is O=[N+]([O-])c1ccccc1S(=O)(=O)N1CCC2(Cl)CCCCC2C1c1ccccc1. The number of rotatable bonds is 4. The first-order valence-electron chi connectivity index (χ1n) is 9.84. The van der Waals surface area contributed by atoms with Crippen molar-refractivity contribution in [1.82, 2.24) is 4.31 Å². The van der Waals surface area contributed by atoms with Gasteiger partial charge in [0.2, 0.25) is 10.0 Å². The van der Waals surface area contributed by atoms with Crippen LogP contribution in [0.4, 0.5) is 5.69 Å².